The first-order chi connectivity index (χ1) is 10.6. The van der Waals surface area contributed by atoms with Crippen LogP contribution in [0.15, 0.2) is 35.2 Å². The second-order valence-corrected chi connectivity index (χ2v) is 5.78. The van der Waals surface area contributed by atoms with Crippen molar-refractivity contribution in [2.75, 3.05) is 6.26 Å². The molecule has 22 heavy (non-hydrogen) atoms. The minimum absolute atomic E-state index is 0.113. The molecule has 5 heteroatoms. The van der Waals surface area contributed by atoms with Crippen LogP contribution in [-0.4, -0.2) is 12.0 Å². The molecule has 1 aliphatic rings. The van der Waals surface area contributed by atoms with Crippen molar-refractivity contribution in [2.45, 2.75) is 17.7 Å². The standard InChI is InChI=1S/C17H12FNO2S/c1-22-16-5-4-15(13-2-3-14(20)17(13)16)21-12-7-10(9-19)6-11(18)8-12/h4-8H,2-3H2,1H3. The number of Topliss-reactive ketones (excluding diaryl/α,β-unsaturated/α-hetero) is 1. The van der Waals surface area contributed by atoms with Gasteiger partial charge in [0, 0.05) is 28.5 Å². The number of rotatable bonds is 3. The van der Waals surface area contributed by atoms with Gasteiger partial charge >= 0.3 is 0 Å². The normalized spacial score (nSPS) is 12.9. The number of halogens is 1. The second kappa shape index (κ2) is 5.82. The molecule has 2 aromatic rings. The maximum absolute atomic E-state index is 13.5. The number of nitrogens with zero attached hydrogens (tertiary/aromatic N) is 1. The Balaban J connectivity index is 2.03. The highest BCUT2D eigenvalue weighted by molar-refractivity contribution is 7.98. The van der Waals surface area contributed by atoms with Crippen molar-refractivity contribution >= 4 is 17.5 Å². The lowest BCUT2D eigenvalue weighted by Crippen LogP contribution is -1.97. The predicted octanol–water partition coefficient (Wildman–Crippen LogP) is 4.34. The van der Waals surface area contributed by atoms with E-state index in [4.69, 9.17) is 10.00 Å². The molecule has 1 aliphatic carbocycles. The molecule has 0 aliphatic heterocycles. The van der Waals surface area contributed by atoms with Crippen LogP contribution in [0.1, 0.15) is 27.9 Å². The van der Waals surface area contributed by atoms with Crippen LogP contribution in [0.3, 0.4) is 0 Å². The van der Waals surface area contributed by atoms with Gasteiger partial charge in [-0.05, 0) is 36.9 Å². The third kappa shape index (κ3) is 2.58. The van der Waals surface area contributed by atoms with E-state index < -0.39 is 5.82 Å². The summed E-state index contributed by atoms with van der Waals surface area (Å²) in [6, 6.07) is 9.39. The van der Waals surface area contributed by atoms with Gasteiger partial charge in [-0.2, -0.15) is 5.26 Å². The van der Waals surface area contributed by atoms with Crippen molar-refractivity contribution in [2.24, 2.45) is 0 Å². The van der Waals surface area contributed by atoms with E-state index >= 15 is 0 Å². The summed E-state index contributed by atoms with van der Waals surface area (Å²) in [5.74, 6) is 0.396. The molecule has 3 rings (SSSR count). The van der Waals surface area contributed by atoms with Crippen molar-refractivity contribution in [1.29, 1.82) is 5.26 Å². The third-order valence-corrected chi connectivity index (χ3v) is 4.34. The zero-order chi connectivity index (χ0) is 15.7. The van der Waals surface area contributed by atoms with Crippen molar-refractivity contribution < 1.29 is 13.9 Å². The largest absolute Gasteiger partial charge is 0.457 e. The summed E-state index contributed by atoms with van der Waals surface area (Å²) < 4.78 is 19.2. The SMILES string of the molecule is CSc1ccc(Oc2cc(F)cc(C#N)c2)c2c1C(=O)CC2. The van der Waals surface area contributed by atoms with E-state index in [0.717, 1.165) is 16.5 Å². The fourth-order valence-electron chi connectivity index (χ4n) is 2.60. The number of ether oxygens (including phenoxy) is 1. The number of ketones is 1. The van der Waals surface area contributed by atoms with Gasteiger partial charge in [-0.3, -0.25) is 4.79 Å². The summed E-state index contributed by atoms with van der Waals surface area (Å²) in [4.78, 5) is 13.0. The quantitative estimate of drug-likeness (QED) is 0.791. The van der Waals surface area contributed by atoms with Gasteiger partial charge in [0.2, 0.25) is 0 Å². The average molecular weight is 313 g/mol. The van der Waals surface area contributed by atoms with Gasteiger partial charge in [0.15, 0.2) is 5.78 Å². The first-order valence-corrected chi connectivity index (χ1v) is 7.96. The van der Waals surface area contributed by atoms with E-state index in [0.29, 0.717) is 24.2 Å². The van der Waals surface area contributed by atoms with Crippen LogP contribution in [0.25, 0.3) is 0 Å². The highest BCUT2D eigenvalue weighted by Gasteiger charge is 2.26. The Labute approximate surface area is 131 Å². The first-order valence-electron chi connectivity index (χ1n) is 6.74. The van der Waals surface area contributed by atoms with Crippen LogP contribution in [0, 0.1) is 17.1 Å². The number of nitriles is 1. The number of benzene rings is 2. The highest BCUT2D eigenvalue weighted by Crippen LogP contribution is 2.38. The summed E-state index contributed by atoms with van der Waals surface area (Å²) >= 11 is 1.52. The number of thioether (sulfide) groups is 1. The molecule has 0 spiro atoms. The summed E-state index contributed by atoms with van der Waals surface area (Å²) in [7, 11) is 0. The summed E-state index contributed by atoms with van der Waals surface area (Å²) in [5.41, 5.74) is 1.77. The monoisotopic (exact) mass is 313 g/mol. The van der Waals surface area contributed by atoms with Crippen LogP contribution >= 0.6 is 11.8 Å². The number of fused-ring (bicyclic) bond motifs is 1. The Bertz CT molecular complexity index is 811. The van der Waals surface area contributed by atoms with Gasteiger partial charge < -0.3 is 4.74 Å². The van der Waals surface area contributed by atoms with Gasteiger partial charge in [-0.15, -0.1) is 11.8 Å². The molecule has 0 heterocycles. The molecule has 0 radical (unpaired) electrons. The predicted molar refractivity (Wildman–Crippen MR) is 82.1 cm³/mol. The molecule has 0 atom stereocenters. The first kappa shape index (κ1) is 14.6. The Morgan fingerprint density at radius 1 is 1.27 bits per heavy atom. The minimum Gasteiger partial charge on any atom is -0.457 e. The molecule has 3 nitrogen and oxygen atoms in total. The van der Waals surface area contributed by atoms with E-state index in [9.17, 15) is 9.18 Å². The highest BCUT2D eigenvalue weighted by atomic mass is 32.2. The Morgan fingerprint density at radius 3 is 2.82 bits per heavy atom. The fraction of sp³-hybridized carbons (Fsp3) is 0.176. The van der Waals surface area contributed by atoms with Crippen molar-refractivity contribution in [3.05, 3.63) is 52.8 Å². The summed E-state index contributed by atoms with van der Waals surface area (Å²) in [6.45, 7) is 0. The van der Waals surface area contributed by atoms with Gasteiger partial charge in [0.25, 0.3) is 0 Å². The summed E-state index contributed by atoms with van der Waals surface area (Å²) in [6.07, 6.45) is 3.02. The minimum atomic E-state index is -0.525. The molecule has 0 amide bonds. The van der Waals surface area contributed by atoms with Crippen LogP contribution in [0.4, 0.5) is 4.39 Å². The molecule has 0 saturated carbocycles. The second-order valence-electron chi connectivity index (χ2n) is 4.93. The maximum Gasteiger partial charge on any atom is 0.164 e. The fourth-order valence-corrected chi connectivity index (χ4v) is 3.25. The zero-order valence-corrected chi connectivity index (χ0v) is 12.7. The van der Waals surface area contributed by atoms with Crippen molar-refractivity contribution in [3.63, 3.8) is 0 Å². The Kier molecular flexibility index (Phi) is 3.86. The van der Waals surface area contributed by atoms with Crippen LogP contribution in [-0.2, 0) is 6.42 Å². The van der Waals surface area contributed by atoms with E-state index in [1.165, 1.54) is 23.9 Å². The van der Waals surface area contributed by atoms with Crippen LogP contribution in [0.2, 0.25) is 0 Å². The topological polar surface area (TPSA) is 50.1 Å². The number of hydrogen-bond donors (Lipinski definition) is 0. The molecular formula is C17H12FNO2S. The zero-order valence-electron chi connectivity index (χ0n) is 11.9. The number of carbonyl (C=O) groups is 1. The van der Waals surface area contributed by atoms with Crippen molar-refractivity contribution in [1.82, 2.24) is 0 Å². The Morgan fingerprint density at radius 2 is 2.09 bits per heavy atom. The molecule has 0 saturated heterocycles. The van der Waals surface area contributed by atoms with Gasteiger partial charge in [0.1, 0.15) is 17.3 Å². The molecule has 110 valence electrons. The van der Waals surface area contributed by atoms with Gasteiger partial charge in [-0.1, -0.05) is 0 Å². The number of hydrogen-bond acceptors (Lipinski definition) is 4. The van der Waals surface area contributed by atoms with Crippen molar-refractivity contribution in [3.8, 4) is 17.6 Å². The lowest BCUT2D eigenvalue weighted by molar-refractivity contribution is 0.0992. The van der Waals surface area contributed by atoms with E-state index in [1.54, 1.807) is 6.07 Å². The smallest absolute Gasteiger partial charge is 0.164 e. The average Bonchev–Trinajstić information content (AvgIpc) is 2.90. The molecule has 0 unspecified atom stereocenters. The molecular weight excluding hydrogens is 301 g/mol. The maximum atomic E-state index is 13.5. The van der Waals surface area contributed by atoms with Crippen LogP contribution < -0.4 is 4.74 Å². The van der Waals surface area contributed by atoms with Crippen LogP contribution in [0.5, 0.6) is 11.5 Å². The molecule has 0 fully saturated rings. The van der Waals surface area contributed by atoms with Gasteiger partial charge in [-0.25, -0.2) is 4.39 Å². The molecule has 0 bridgehead atoms. The van der Waals surface area contributed by atoms with E-state index in [2.05, 4.69) is 0 Å². The summed E-state index contributed by atoms with van der Waals surface area (Å²) in [5, 5.41) is 8.89. The third-order valence-electron chi connectivity index (χ3n) is 3.56. The van der Waals surface area contributed by atoms with Gasteiger partial charge in [0.05, 0.1) is 11.6 Å². The Hall–Kier alpha value is -2.32. The lowest BCUT2D eigenvalue weighted by atomic mass is 10.1. The molecule has 0 N–H and O–H groups in total. The molecule has 2 aromatic carbocycles. The molecule has 0 aromatic heterocycles. The lowest BCUT2D eigenvalue weighted by Gasteiger charge is -2.12. The number of carbonyl (C=O) groups excluding carboxylic acids is 1. The van der Waals surface area contributed by atoms with E-state index in [1.807, 2.05) is 18.4 Å². The van der Waals surface area contributed by atoms with E-state index in [-0.39, 0.29) is 17.1 Å².